The fourth-order valence-electron chi connectivity index (χ4n) is 7.97. The van der Waals surface area contributed by atoms with Crippen LogP contribution >= 0.6 is 0 Å². The molecule has 0 spiro atoms. The number of nitrogens with one attached hydrogen (secondary N) is 1. The molecule has 1 aromatic rings. The summed E-state index contributed by atoms with van der Waals surface area (Å²) in [6.07, 6.45) is 10.4. The third-order valence-electron chi connectivity index (χ3n) is 9.66. The van der Waals surface area contributed by atoms with E-state index in [1.807, 2.05) is 13.1 Å². The minimum absolute atomic E-state index is 0.0387. The molecule has 1 aromatic carbocycles. The molecule has 33 heavy (non-hydrogen) atoms. The molecule has 0 saturated heterocycles. The van der Waals surface area contributed by atoms with Crippen LogP contribution in [0.5, 0.6) is 0 Å². The van der Waals surface area contributed by atoms with Gasteiger partial charge >= 0.3 is 0 Å². The number of hydrogen-bond donors (Lipinski definition) is 1. The molecule has 6 heteroatoms. The molecule has 3 aliphatic carbocycles. The van der Waals surface area contributed by atoms with Crippen LogP contribution in [0.3, 0.4) is 0 Å². The van der Waals surface area contributed by atoms with Gasteiger partial charge in [-0.3, -0.25) is 9.59 Å². The molecule has 4 nitrogen and oxygen atoms in total. The predicted molar refractivity (Wildman–Crippen MR) is 122 cm³/mol. The molecular weight excluding hydrogens is 422 g/mol. The first-order valence-corrected chi connectivity index (χ1v) is 12.4. The van der Waals surface area contributed by atoms with Crippen LogP contribution in [0.1, 0.15) is 64.4 Å². The van der Waals surface area contributed by atoms with Gasteiger partial charge in [0.2, 0.25) is 0 Å². The van der Waals surface area contributed by atoms with Crippen molar-refractivity contribution in [1.82, 2.24) is 10.2 Å². The normalized spacial score (nSPS) is 37.7. The number of rotatable bonds is 3. The summed E-state index contributed by atoms with van der Waals surface area (Å²) < 4.78 is 26.7. The van der Waals surface area contributed by atoms with Gasteiger partial charge in [-0.1, -0.05) is 32.4 Å². The highest BCUT2D eigenvalue weighted by atomic mass is 19.2. The maximum absolute atomic E-state index is 13.5. The molecule has 0 bridgehead atoms. The Kier molecular flexibility index (Phi) is 5.41. The van der Waals surface area contributed by atoms with Crippen LogP contribution in [-0.2, 0) is 16.1 Å². The van der Waals surface area contributed by atoms with Gasteiger partial charge in [-0.2, -0.15) is 0 Å². The first-order chi connectivity index (χ1) is 15.6. The van der Waals surface area contributed by atoms with Crippen LogP contribution in [0.25, 0.3) is 0 Å². The fraction of sp³-hybridized carbons (Fsp3) is 0.630. The number of likely N-dealkylation sites (N-methyl/N-ethyl adjacent to an activating group) is 1. The SMILES string of the molecule is CN1C(=O)C(C(=O)NCc2ccc(F)c(F)c2)=C[C@@]2(C)C1CC[C@@H]1[C@H]2CC[C@]2(C)CCC[C@@H]12. The highest BCUT2D eigenvalue weighted by Crippen LogP contribution is 2.64. The highest BCUT2D eigenvalue weighted by molar-refractivity contribution is 6.19. The van der Waals surface area contributed by atoms with Crippen molar-refractivity contribution in [1.29, 1.82) is 0 Å². The smallest absolute Gasteiger partial charge is 0.259 e. The summed E-state index contributed by atoms with van der Waals surface area (Å²) in [5.41, 5.74) is 0.854. The average Bonchev–Trinajstić information content (AvgIpc) is 3.19. The van der Waals surface area contributed by atoms with Crippen LogP contribution in [-0.4, -0.2) is 29.8 Å². The number of fused-ring (bicyclic) bond motifs is 5. The van der Waals surface area contributed by atoms with Crippen molar-refractivity contribution in [3.63, 3.8) is 0 Å². The fourth-order valence-corrected chi connectivity index (χ4v) is 7.97. The quantitative estimate of drug-likeness (QED) is 0.652. The zero-order valence-corrected chi connectivity index (χ0v) is 19.8. The number of carbonyl (C=O) groups is 2. The second-order valence-electron chi connectivity index (χ2n) is 11.3. The zero-order valence-electron chi connectivity index (χ0n) is 19.8. The summed E-state index contributed by atoms with van der Waals surface area (Å²) >= 11 is 0. The van der Waals surface area contributed by atoms with Crippen LogP contribution in [0.4, 0.5) is 8.78 Å². The number of amides is 2. The molecule has 178 valence electrons. The van der Waals surface area contributed by atoms with E-state index in [4.69, 9.17) is 0 Å². The van der Waals surface area contributed by atoms with Crippen molar-refractivity contribution in [3.05, 3.63) is 47.0 Å². The second kappa shape index (κ2) is 7.92. The third-order valence-corrected chi connectivity index (χ3v) is 9.66. The van der Waals surface area contributed by atoms with Gasteiger partial charge in [0.25, 0.3) is 11.8 Å². The lowest BCUT2D eigenvalue weighted by molar-refractivity contribution is -0.141. The Labute approximate surface area is 194 Å². The summed E-state index contributed by atoms with van der Waals surface area (Å²) in [4.78, 5) is 28.0. The van der Waals surface area contributed by atoms with Gasteiger partial charge in [0.1, 0.15) is 5.57 Å². The molecule has 2 amide bonds. The number of hydrogen-bond acceptors (Lipinski definition) is 2. The van der Waals surface area contributed by atoms with Gasteiger partial charge in [0, 0.05) is 25.0 Å². The molecule has 1 N–H and O–H groups in total. The molecule has 1 unspecified atom stereocenters. The van der Waals surface area contributed by atoms with Crippen molar-refractivity contribution in [2.45, 2.75) is 71.4 Å². The van der Waals surface area contributed by atoms with Gasteiger partial charge in [0.05, 0.1) is 0 Å². The standard InChI is InChI=1S/C27H34F2N2O2/c1-26-11-4-5-19(26)17-7-9-23-27(2,20(17)10-12-26)14-18(25(33)31(23)3)24(32)30-15-16-6-8-21(28)22(29)13-16/h6,8,13-14,17,19-20,23H,4-5,7,9-12,15H2,1-3H3,(H,30,32)/t17-,19-,20+,23?,26-,27+/m0/s1. The number of nitrogens with zero attached hydrogens (tertiary/aromatic N) is 1. The molecule has 1 aliphatic heterocycles. The van der Waals surface area contributed by atoms with E-state index in [9.17, 15) is 18.4 Å². The lowest BCUT2D eigenvalue weighted by Crippen LogP contribution is -2.61. The Bertz CT molecular complexity index is 1020. The van der Waals surface area contributed by atoms with Crippen LogP contribution in [0.15, 0.2) is 29.8 Å². The lowest BCUT2D eigenvalue weighted by atomic mass is 9.48. The van der Waals surface area contributed by atoms with E-state index in [0.29, 0.717) is 22.8 Å². The number of carbonyl (C=O) groups excluding carboxylic acids is 2. The Balaban J connectivity index is 1.41. The molecule has 3 saturated carbocycles. The Morgan fingerprint density at radius 2 is 1.88 bits per heavy atom. The minimum Gasteiger partial charge on any atom is -0.348 e. The van der Waals surface area contributed by atoms with E-state index in [2.05, 4.69) is 19.2 Å². The monoisotopic (exact) mass is 456 g/mol. The Hall–Kier alpha value is -2.24. The van der Waals surface area contributed by atoms with Crippen molar-refractivity contribution in [3.8, 4) is 0 Å². The molecule has 6 atom stereocenters. The first-order valence-electron chi connectivity index (χ1n) is 12.4. The topological polar surface area (TPSA) is 49.4 Å². The predicted octanol–water partition coefficient (Wildman–Crippen LogP) is 4.98. The van der Waals surface area contributed by atoms with E-state index in [-0.39, 0.29) is 29.5 Å². The largest absolute Gasteiger partial charge is 0.348 e. The van der Waals surface area contributed by atoms with Crippen molar-refractivity contribution in [2.75, 3.05) is 7.05 Å². The summed E-state index contributed by atoms with van der Waals surface area (Å²) in [6.45, 7) is 4.76. The van der Waals surface area contributed by atoms with Gasteiger partial charge in [-0.05, 0) is 79.4 Å². The van der Waals surface area contributed by atoms with Gasteiger partial charge < -0.3 is 10.2 Å². The molecule has 0 radical (unpaired) electrons. The van der Waals surface area contributed by atoms with Gasteiger partial charge in [-0.15, -0.1) is 0 Å². The highest BCUT2D eigenvalue weighted by Gasteiger charge is 2.59. The van der Waals surface area contributed by atoms with Crippen LogP contribution in [0, 0.1) is 40.2 Å². The average molecular weight is 457 g/mol. The zero-order chi connectivity index (χ0) is 23.5. The molecule has 1 heterocycles. The number of benzene rings is 1. The van der Waals surface area contributed by atoms with Crippen molar-refractivity contribution >= 4 is 11.8 Å². The minimum atomic E-state index is -0.950. The van der Waals surface area contributed by atoms with E-state index in [1.165, 1.54) is 31.7 Å². The van der Waals surface area contributed by atoms with E-state index < -0.39 is 17.5 Å². The van der Waals surface area contributed by atoms with Crippen molar-refractivity contribution < 1.29 is 18.4 Å². The third kappa shape index (κ3) is 3.52. The summed E-state index contributed by atoms with van der Waals surface area (Å²) in [5, 5.41) is 2.75. The van der Waals surface area contributed by atoms with E-state index in [0.717, 1.165) is 37.3 Å². The Morgan fingerprint density at radius 3 is 2.64 bits per heavy atom. The summed E-state index contributed by atoms with van der Waals surface area (Å²) in [6, 6.07) is 3.66. The number of halogens is 2. The van der Waals surface area contributed by atoms with E-state index in [1.54, 1.807) is 4.90 Å². The van der Waals surface area contributed by atoms with Gasteiger partial charge in [0.15, 0.2) is 11.6 Å². The van der Waals surface area contributed by atoms with Crippen LogP contribution in [0.2, 0.25) is 0 Å². The maximum atomic E-state index is 13.5. The second-order valence-corrected chi connectivity index (χ2v) is 11.3. The maximum Gasteiger partial charge on any atom is 0.259 e. The Morgan fingerprint density at radius 1 is 1.09 bits per heavy atom. The lowest BCUT2D eigenvalue weighted by Gasteiger charge is -2.60. The first kappa shape index (κ1) is 22.5. The molecule has 5 rings (SSSR count). The van der Waals surface area contributed by atoms with Gasteiger partial charge in [-0.25, -0.2) is 8.78 Å². The molecular formula is C27H34F2N2O2. The van der Waals surface area contributed by atoms with Crippen LogP contribution < -0.4 is 5.32 Å². The molecule has 3 fully saturated rings. The van der Waals surface area contributed by atoms with E-state index >= 15 is 0 Å². The molecule has 4 aliphatic rings. The molecule has 0 aromatic heterocycles. The van der Waals surface area contributed by atoms with Crippen molar-refractivity contribution in [2.24, 2.45) is 28.6 Å². The summed E-state index contributed by atoms with van der Waals surface area (Å²) in [7, 11) is 1.82. The summed E-state index contributed by atoms with van der Waals surface area (Å²) in [5.74, 6) is -0.701.